The van der Waals surface area contributed by atoms with Gasteiger partial charge in [0.15, 0.2) is 5.65 Å². The van der Waals surface area contributed by atoms with Crippen molar-refractivity contribution in [1.29, 1.82) is 0 Å². The lowest BCUT2D eigenvalue weighted by atomic mass is 10.2. The summed E-state index contributed by atoms with van der Waals surface area (Å²) in [6.07, 6.45) is 1.70. The second-order valence-corrected chi connectivity index (χ2v) is 5.99. The third-order valence-electron chi connectivity index (χ3n) is 3.55. The molecular weight excluding hydrogens is 313 g/mol. The number of halogens is 1. The molecule has 0 fully saturated rings. The quantitative estimate of drug-likeness (QED) is 0.627. The maximum absolute atomic E-state index is 13.9. The zero-order valence-corrected chi connectivity index (χ0v) is 12.8. The second-order valence-electron chi connectivity index (χ2n) is 5.04. The molecule has 0 saturated carbocycles. The van der Waals surface area contributed by atoms with E-state index in [-0.39, 0.29) is 18.3 Å². The first-order chi connectivity index (χ1) is 11.2. The van der Waals surface area contributed by atoms with Crippen molar-refractivity contribution in [2.45, 2.75) is 6.54 Å². The third-order valence-corrected chi connectivity index (χ3v) is 4.42. The van der Waals surface area contributed by atoms with Crippen LogP contribution in [-0.4, -0.2) is 19.7 Å². The van der Waals surface area contributed by atoms with E-state index in [1.807, 2.05) is 17.5 Å². The number of hydrogen-bond donors (Lipinski definition) is 1. The Kier molecular flexibility index (Phi) is 3.27. The predicted molar refractivity (Wildman–Crippen MR) is 88.6 cm³/mol. The monoisotopic (exact) mass is 325 g/mol. The van der Waals surface area contributed by atoms with Crippen LogP contribution >= 0.6 is 11.3 Å². The summed E-state index contributed by atoms with van der Waals surface area (Å²) >= 11 is 1.57. The average Bonchev–Trinajstić information content (AvgIpc) is 3.19. The molecular formula is C16H12FN5S. The topological polar surface area (TPSA) is 69.6 Å². The Morgan fingerprint density at radius 3 is 2.78 bits per heavy atom. The van der Waals surface area contributed by atoms with E-state index in [4.69, 9.17) is 5.73 Å². The van der Waals surface area contributed by atoms with Crippen molar-refractivity contribution in [3.05, 3.63) is 59.4 Å². The van der Waals surface area contributed by atoms with E-state index >= 15 is 0 Å². The van der Waals surface area contributed by atoms with Gasteiger partial charge in [0.05, 0.1) is 28.7 Å². The van der Waals surface area contributed by atoms with Crippen LogP contribution in [0.3, 0.4) is 0 Å². The molecule has 7 heteroatoms. The van der Waals surface area contributed by atoms with Gasteiger partial charge >= 0.3 is 0 Å². The standard InChI is InChI=1S/C16H12FN5S/c17-12-5-2-1-4-10(12)9-22-15-11(8-19-22)14(20-16(18)21-15)13-6-3-7-23-13/h1-8H,9H2,(H2,18,20,21). The van der Waals surface area contributed by atoms with Crippen LogP contribution < -0.4 is 5.73 Å². The van der Waals surface area contributed by atoms with E-state index in [1.54, 1.807) is 40.4 Å². The van der Waals surface area contributed by atoms with Gasteiger partial charge in [-0.2, -0.15) is 10.1 Å². The lowest BCUT2D eigenvalue weighted by Crippen LogP contribution is -2.06. The zero-order valence-electron chi connectivity index (χ0n) is 12.0. The van der Waals surface area contributed by atoms with E-state index in [0.717, 1.165) is 16.0 Å². The number of fused-ring (bicyclic) bond motifs is 1. The highest BCUT2D eigenvalue weighted by atomic mass is 32.1. The number of nitrogen functional groups attached to an aromatic ring is 1. The normalized spacial score (nSPS) is 11.2. The summed E-state index contributed by atoms with van der Waals surface area (Å²) in [6, 6.07) is 10.5. The van der Waals surface area contributed by atoms with Gasteiger partial charge in [-0.15, -0.1) is 11.3 Å². The molecule has 1 aromatic carbocycles. The van der Waals surface area contributed by atoms with Gasteiger partial charge in [-0.05, 0) is 17.5 Å². The van der Waals surface area contributed by atoms with Crippen LogP contribution in [0, 0.1) is 5.82 Å². The second kappa shape index (κ2) is 5.44. The minimum Gasteiger partial charge on any atom is -0.368 e. The van der Waals surface area contributed by atoms with Crippen molar-refractivity contribution in [2.75, 3.05) is 5.73 Å². The molecule has 4 rings (SSSR count). The fraction of sp³-hybridized carbons (Fsp3) is 0.0625. The number of benzene rings is 1. The lowest BCUT2D eigenvalue weighted by molar-refractivity contribution is 0.589. The van der Waals surface area contributed by atoms with Crippen molar-refractivity contribution in [2.24, 2.45) is 0 Å². The van der Waals surface area contributed by atoms with Crippen molar-refractivity contribution < 1.29 is 4.39 Å². The summed E-state index contributed by atoms with van der Waals surface area (Å²) in [5.74, 6) is -0.0900. The number of rotatable bonds is 3. The van der Waals surface area contributed by atoms with Crippen molar-refractivity contribution in [3.63, 3.8) is 0 Å². The maximum atomic E-state index is 13.9. The van der Waals surface area contributed by atoms with Crippen LogP contribution in [0.2, 0.25) is 0 Å². The van der Waals surface area contributed by atoms with Gasteiger partial charge in [-0.3, -0.25) is 0 Å². The molecule has 23 heavy (non-hydrogen) atoms. The van der Waals surface area contributed by atoms with Gasteiger partial charge in [-0.25, -0.2) is 14.1 Å². The highest BCUT2D eigenvalue weighted by molar-refractivity contribution is 7.13. The Morgan fingerprint density at radius 1 is 1.13 bits per heavy atom. The van der Waals surface area contributed by atoms with E-state index < -0.39 is 0 Å². The molecule has 0 radical (unpaired) electrons. The number of hydrogen-bond acceptors (Lipinski definition) is 5. The van der Waals surface area contributed by atoms with Crippen LogP contribution in [-0.2, 0) is 6.54 Å². The Labute approximate surface area is 135 Å². The molecule has 3 heterocycles. The molecule has 3 aromatic heterocycles. The SMILES string of the molecule is Nc1nc(-c2cccs2)c2cnn(Cc3ccccc3F)c2n1. The first-order valence-corrected chi connectivity index (χ1v) is 7.86. The summed E-state index contributed by atoms with van der Waals surface area (Å²) in [7, 11) is 0. The van der Waals surface area contributed by atoms with Crippen LogP contribution in [0.25, 0.3) is 21.6 Å². The molecule has 0 unspecified atom stereocenters. The largest absolute Gasteiger partial charge is 0.368 e. The first-order valence-electron chi connectivity index (χ1n) is 6.98. The molecule has 0 aliphatic rings. The van der Waals surface area contributed by atoms with Crippen LogP contribution in [0.15, 0.2) is 48.0 Å². The third kappa shape index (κ3) is 2.44. The van der Waals surface area contributed by atoms with Crippen LogP contribution in [0.1, 0.15) is 5.56 Å². The predicted octanol–water partition coefficient (Wildman–Crippen LogP) is 3.32. The summed E-state index contributed by atoms with van der Waals surface area (Å²) < 4.78 is 15.5. The van der Waals surface area contributed by atoms with Crippen molar-refractivity contribution in [3.8, 4) is 10.6 Å². The Bertz CT molecular complexity index is 977. The van der Waals surface area contributed by atoms with Crippen LogP contribution in [0.4, 0.5) is 10.3 Å². The lowest BCUT2D eigenvalue weighted by Gasteiger charge is -2.06. The van der Waals surface area contributed by atoms with Gasteiger partial charge in [-0.1, -0.05) is 24.3 Å². The summed E-state index contributed by atoms with van der Waals surface area (Å²) in [4.78, 5) is 9.61. The Morgan fingerprint density at radius 2 is 2.00 bits per heavy atom. The molecule has 114 valence electrons. The van der Waals surface area contributed by atoms with Crippen molar-refractivity contribution >= 4 is 28.3 Å². The molecule has 0 aliphatic heterocycles. The fourth-order valence-electron chi connectivity index (χ4n) is 2.48. The minimum absolute atomic E-state index is 0.177. The van der Waals surface area contributed by atoms with Gasteiger partial charge in [0, 0.05) is 5.56 Å². The van der Waals surface area contributed by atoms with E-state index in [2.05, 4.69) is 15.1 Å². The van der Waals surface area contributed by atoms with Gasteiger partial charge < -0.3 is 5.73 Å². The zero-order chi connectivity index (χ0) is 15.8. The molecule has 0 saturated heterocycles. The Hall–Kier alpha value is -2.80. The Balaban J connectivity index is 1.85. The summed E-state index contributed by atoms with van der Waals surface area (Å²) in [5, 5.41) is 7.12. The molecule has 0 atom stereocenters. The fourth-order valence-corrected chi connectivity index (χ4v) is 3.21. The average molecular weight is 325 g/mol. The number of anilines is 1. The van der Waals surface area contributed by atoms with E-state index in [1.165, 1.54) is 6.07 Å². The minimum atomic E-state index is -0.267. The van der Waals surface area contributed by atoms with E-state index in [0.29, 0.717) is 11.2 Å². The van der Waals surface area contributed by atoms with E-state index in [9.17, 15) is 4.39 Å². The maximum Gasteiger partial charge on any atom is 0.222 e. The summed E-state index contributed by atoms with van der Waals surface area (Å²) in [6.45, 7) is 0.288. The van der Waals surface area contributed by atoms with Crippen LogP contribution in [0.5, 0.6) is 0 Å². The highest BCUT2D eigenvalue weighted by Gasteiger charge is 2.15. The molecule has 0 spiro atoms. The first kappa shape index (κ1) is 13.8. The van der Waals surface area contributed by atoms with Crippen molar-refractivity contribution in [1.82, 2.24) is 19.7 Å². The number of thiophene rings is 1. The molecule has 0 amide bonds. The molecule has 0 aliphatic carbocycles. The molecule has 0 bridgehead atoms. The summed E-state index contributed by atoms with van der Waals surface area (Å²) in [5.41, 5.74) is 7.75. The molecule has 5 nitrogen and oxygen atoms in total. The smallest absolute Gasteiger partial charge is 0.222 e. The molecule has 4 aromatic rings. The van der Waals surface area contributed by atoms with Gasteiger partial charge in [0.25, 0.3) is 0 Å². The highest BCUT2D eigenvalue weighted by Crippen LogP contribution is 2.30. The van der Waals surface area contributed by atoms with Gasteiger partial charge in [0.1, 0.15) is 5.82 Å². The number of nitrogens with two attached hydrogens (primary N) is 1. The van der Waals surface area contributed by atoms with Gasteiger partial charge in [0.2, 0.25) is 5.95 Å². The molecule has 2 N–H and O–H groups in total. The number of nitrogens with zero attached hydrogens (tertiary/aromatic N) is 4. The number of aromatic nitrogens is 4.